The first-order chi connectivity index (χ1) is 5.29. The molecule has 1 radical (unpaired) electrons. The molecule has 0 bridgehead atoms. The molecular formula is C10H20N. The molecule has 1 fully saturated rings. The molecule has 1 aliphatic carbocycles. The second-order valence-electron chi connectivity index (χ2n) is 3.89. The van der Waals surface area contributed by atoms with E-state index in [1.165, 1.54) is 38.5 Å². The van der Waals surface area contributed by atoms with E-state index >= 15 is 0 Å². The van der Waals surface area contributed by atoms with E-state index in [0.29, 0.717) is 12.1 Å². The van der Waals surface area contributed by atoms with E-state index in [0.717, 1.165) is 0 Å². The Labute approximate surface area is 70.6 Å². The maximum absolute atomic E-state index is 4.70. The van der Waals surface area contributed by atoms with Crippen LogP contribution in [0.3, 0.4) is 0 Å². The van der Waals surface area contributed by atoms with Crippen molar-refractivity contribution in [3.63, 3.8) is 0 Å². The lowest BCUT2D eigenvalue weighted by molar-refractivity contribution is 0.412. The van der Waals surface area contributed by atoms with Crippen LogP contribution in [-0.2, 0) is 0 Å². The van der Waals surface area contributed by atoms with E-state index in [1.807, 2.05) is 0 Å². The fourth-order valence-corrected chi connectivity index (χ4v) is 1.83. The number of rotatable bonds is 2. The minimum atomic E-state index is 0.540. The molecule has 1 saturated carbocycles. The Balaban J connectivity index is 2.20. The molecule has 0 atom stereocenters. The SMILES string of the molecule is CC(C)[N]C1CCCCCC1. The Morgan fingerprint density at radius 3 is 2.00 bits per heavy atom. The van der Waals surface area contributed by atoms with Gasteiger partial charge in [0.25, 0.3) is 0 Å². The maximum Gasteiger partial charge on any atom is 0.0249 e. The minimum Gasteiger partial charge on any atom is -0.236 e. The zero-order valence-corrected chi connectivity index (χ0v) is 7.84. The molecule has 0 aromatic rings. The zero-order valence-electron chi connectivity index (χ0n) is 7.84. The molecule has 0 spiro atoms. The number of hydrogen-bond acceptors (Lipinski definition) is 0. The Bertz CT molecular complexity index is 91.0. The Morgan fingerprint density at radius 1 is 1.00 bits per heavy atom. The predicted octanol–water partition coefficient (Wildman–Crippen LogP) is 2.72. The Hall–Kier alpha value is -0.0400. The predicted molar refractivity (Wildman–Crippen MR) is 48.8 cm³/mol. The average Bonchev–Trinajstić information content (AvgIpc) is 2.14. The smallest absolute Gasteiger partial charge is 0.0249 e. The lowest BCUT2D eigenvalue weighted by Gasteiger charge is -2.16. The van der Waals surface area contributed by atoms with Crippen molar-refractivity contribution in [1.82, 2.24) is 5.32 Å². The summed E-state index contributed by atoms with van der Waals surface area (Å²) in [6.45, 7) is 4.37. The highest BCUT2D eigenvalue weighted by Gasteiger charge is 2.13. The molecule has 0 aromatic heterocycles. The second kappa shape index (κ2) is 4.76. The van der Waals surface area contributed by atoms with Crippen LogP contribution in [0.1, 0.15) is 52.4 Å². The highest BCUT2D eigenvalue weighted by Crippen LogP contribution is 2.18. The number of hydrogen-bond donors (Lipinski definition) is 0. The molecule has 65 valence electrons. The quantitative estimate of drug-likeness (QED) is 0.543. The van der Waals surface area contributed by atoms with E-state index in [2.05, 4.69) is 13.8 Å². The summed E-state index contributed by atoms with van der Waals surface area (Å²) in [6, 6.07) is 1.23. The van der Waals surface area contributed by atoms with Crippen LogP contribution in [0, 0.1) is 0 Å². The van der Waals surface area contributed by atoms with Crippen LogP contribution >= 0.6 is 0 Å². The van der Waals surface area contributed by atoms with Crippen LogP contribution in [-0.4, -0.2) is 12.1 Å². The van der Waals surface area contributed by atoms with Gasteiger partial charge in [-0.2, -0.15) is 0 Å². The van der Waals surface area contributed by atoms with Crippen molar-refractivity contribution < 1.29 is 0 Å². The van der Waals surface area contributed by atoms with Gasteiger partial charge in [-0.05, 0) is 26.7 Å². The van der Waals surface area contributed by atoms with E-state index in [9.17, 15) is 0 Å². The summed E-state index contributed by atoms with van der Waals surface area (Å²) in [4.78, 5) is 0. The molecule has 0 unspecified atom stereocenters. The lowest BCUT2D eigenvalue weighted by atomic mass is 10.1. The van der Waals surface area contributed by atoms with Crippen molar-refractivity contribution in [2.75, 3.05) is 0 Å². The normalized spacial score (nSPS) is 22.1. The van der Waals surface area contributed by atoms with Gasteiger partial charge in [0.15, 0.2) is 0 Å². The van der Waals surface area contributed by atoms with E-state index in [-0.39, 0.29) is 0 Å². The van der Waals surface area contributed by atoms with Gasteiger partial charge in [0, 0.05) is 12.1 Å². The molecule has 1 rings (SSSR count). The van der Waals surface area contributed by atoms with Crippen LogP contribution in [0.2, 0.25) is 0 Å². The monoisotopic (exact) mass is 154 g/mol. The van der Waals surface area contributed by atoms with Crippen LogP contribution in [0.25, 0.3) is 0 Å². The average molecular weight is 154 g/mol. The molecule has 0 aromatic carbocycles. The van der Waals surface area contributed by atoms with Gasteiger partial charge in [-0.1, -0.05) is 25.7 Å². The van der Waals surface area contributed by atoms with Crippen molar-refractivity contribution in [3.05, 3.63) is 0 Å². The molecule has 0 saturated heterocycles. The van der Waals surface area contributed by atoms with E-state index in [4.69, 9.17) is 5.32 Å². The maximum atomic E-state index is 4.70. The van der Waals surface area contributed by atoms with E-state index in [1.54, 1.807) is 0 Å². The largest absolute Gasteiger partial charge is 0.236 e. The topological polar surface area (TPSA) is 14.1 Å². The summed E-state index contributed by atoms with van der Waals surface area (Å²) >= 11 is 0. The summed E-state index contributed by atoms with van der Waals surface area (Å²) in [5.74, 6) is 0. The summed E-state index contributed by atoms with van der Waals surface area (Å²) in [6.07, 6.45) is 8.37. The third-order valence-corrected chi connectivity index (χ3v) is 2.33. The van der Waals surface area contributed by atoms with Gasteiger partial charge in [-0.15, -0.1) is 0 Å². The van der Waals surface area contributed by atoms with Crippen molar-refractivity contribution >= 4 is 0 Å². The molecular weight excluding hydrogens is 134 g/mol. The van der Waals surface area contributed by atoms with Gasteiger partial charge < -0.3 is 0 Å². The van der Waals surface area contributed by atoms with Crippen molar-refractivity contribution in [1.29, 1.82) is 0 Å². The van der Waals surface area contributed by atoms with Crippen molar-refractivity contribution in [2.45, 2.75) is 64.5 Å². The van der Waals surface area contributed by atoms with Crippen molar-refractivity contribution in [3.8, 4) is 0 Å². The molecule has 11 heavy (non-hydrogen) atoms. The van der Waals surface area contributed by atoms with Crippen LogP contribution in [0.15, 0.2) is 0 Å². The van der Waals surface area contributed by atoms with Gasteiger partial charge >= 0.3 is 0 Å². The summed E-state index contributed by atoms with van der Waals surface area (Å²) in [5.41, 5.74) is 0. The Morgan fingerprint density at radius 2 is 1.55 bits per heavy atom. The lowest BCUT2D eigenvalue weighted by Crippen LogP contribution is -2.26. The van der Waals surface area contributed by atoms with Crippen LogP contribution < -0.4 is 5.32 Å². The Kier molecular flexibility index (Phi) is 3.92. The third-order valence-electron chi connectivity index (χ3n) is 2.33. The van der Waals surface area contributed by atoms with Crippen LogP contribution in [0.4, 0.5) is 0 Å². The first kappa shape index (κ1) is 9.05. The molecule has 0 amide bonds. The van der Waals surface area contributed by atoms with Gasteiger partial charge in [0.05, 0.1) is 0 Å². The minimum absolute atomic E-state index is 0.540. The molecule has 0 aliphatic heterocycles. The second-order valence-corrected chi connectivity index (χ2v) is 3.89. The molecule has 1 aliphatic rings. The molecule has 1 nitrogen and oxygen atoms in total. The van der Waals surface area contributed by atoms with Gasteiger partial charge in [0.2, 0.25) is 0 Å². The zero-order chi connectivity index (χ0) is 8.10. The highest BCUT2D eigenvalue weighted by atomic mass is 14.9. The first-order valence-corrected chi connectivity index (χ1v) is 4.99. The first-order valence-electron chi connectivity index (χ1n) is 4.99. The van der Waals surface area contributed by atoms with Crippen molar-refractivity contribution in [2.24, 2.45) is 0 Å². The molecule has 1 heteroatoms. The van der Waals surface area contributed by atoms with Crippen LogP contribution in [0.5, 0.6) is 0 Å². The van der Waals surface area contributed by atoms with Gasteiger partial charge in [-0.25, -0.2) is 5.32 Å². The fourth-order valence-electron chi connectivity index (χ4n) is 1.83. The molecule has 0 N–H and O–H groups in total. The van der Waals surface area contributed by atoms with Gasteiger partial charge in [0.1, 0.15) is 0 Å². The molecule has 0 heterocycles. The number of nitrogens with zero attached hydrogens (tertiary/aromatic N) is 1. The van der Waals surface area contributed by atoms with Gasteiger partial charge in [-0.3, -0.25) is 0 Å². The summed E-state index contributed by atoms with van der Waals surface area (Å²) < 4.78 is 0. The van der Waals surface area contributed by atoms with E-state index < -0.39 is 0 Å². The summed E-state index contributed by atoms with van der Waals surface area (Å²) in [7, 11) is 0. The third kappa shape index (κ3) is 3.76. The highest BCUT2D eigenvalue weighted by molar-refractivity contribution is 4.71. The standard InChI is InChI=1S/C10H20N/c1-9(2)11-10-7-5-3-4-6-8-10/h9-10H,3-8H2,1-2H3. The summed E-state index contributed by atoms with van der Waals surface area (Å²) in [5, 5.41) is 4.70. The fraction of sp³-hybridized carbons (Fsp3) is 1.00.